The molecule has 0 radical (unpaired) electrons. The van der Waals surface area contributed by atoms with Crippen LogP contribution in [0.4, 0.5) is 0 Å². The number of rotatable bonds is 7. The molecule has 0 bridgehead atoms. The van der Waals surface area contributed by atoms with Crippen molar-refractivity contribution in [3.63, 3.8) is 0 Å². The molecule has 0 unspecified atom stereocenters. The van der Waals surface area contributed by atoms with Gasteiger partial charge in [0.15, 0.2) is 5.82 Å². The average Bonchev–Trinajstić information content (AvgIpc) is 3.14. The lowest BCUT2D eigenvalue weighted by molar-refractivity contribution is 0.857. The molecule has 6 heteroatoms. The molecule has 0 aliphatic heterocycles. The maximum Gasteiger partial charge on any atom is 0.207 e. The topological polar surface area (TPSA) is 22.8 Å². The first-order valence-corrected chi connectivity index (χ1v) is 11.6. The number of thioether (sulfide) groups is 1. The fourth-order valence-electron chi connectivity index (χ4n) is 3.02. The van der Waals surface area contributed by atoms with E-state index in [1.54, 1.807) is 16.4 Å². The van der Waals surface area contributed by atoms with Crippen molar-refractivity contribution in [2.75, 3.05) is 0 Å². The normalized spacial score (nSPS) is 11.5. The van der Waals surface area contributed by atoms with Gasteiger partial charge in [-0.1, -0.05) is 72.3 Å². The zero-order chi connectivity index (χ0) is 21.5. The van der Waals surface area contributed by atoms with Gasteiger partial charge in [0.2, 0.25) is 4.77 Å². The van der Waals surface area contributed by atoms with E-state index in [2.05, 4.69) is 29.7 Å². The molecule has 4 rings (SSSR count). The summed E-state index contributed by atoms with van der Waals surface area (Å²) in [6.07, 6.45) is 5.98. The maximum atomic E-state index is 6.04. The molecule has 3 aromatic carbocycles. The van der Waals surface area contributed by atoms with Crippen molar-refractivity contribution >= 4 is 41.7 Å². The molecule has 0 aliphatic rings. The summed E-state index contributed by atoms with van der Waals surface area (Å²) in [5.41, 5.74) is 3.14. The molecule has 0 saturated carbocycles. The minimum Gasteiger partial charge on any atom is -0.268 e. The predicted octanol–water partition coefficient (Wildman–Crippen LogP) is 7.51. The highest BCUT2D eigenvalue weighted by Gasteiger charge is 2.11. The van der Waals surface area contributed by atoms with E-state index in [4.69, 9.17) is 28.9 Å². The summed E-state index contributed by atoms with van der Waals surface area (Å²) in [7, 11) is 0. The van der Waals surface area contributed by atoms with E-state index in [1.807, 2.05) is 83.5 Å². The van der Waals surface area contributed by atoms with Crippen LogP contribution < -0.4 is 0 Å². The van der Waals surface area contributed by atoms with Crippen molar-refractivity contribution in [3.8, 4) is 11.4 Å². The lowest BCUT2D eigenvalue weighted by Crippen LogP contribution is -1.99. The first kappa shape index (κ1) is 21.4. The highest BCUT2D eigenvalue weighted by molar-refractivity contribution is 8.01. The molecule has 0 saturated heterocycles. The van der Waals surface area contributed by atoms with Crippen molar-refractivity contribution < 1.29 is 0 Å². The Hall–Kier alpha value is -2.86. The summed E-state index contributed by atoms with van der Waals surface area (Å²) in [5, 5.41) is 7.52. The van der Waals surface area contributed by atoms with Crippen LogP contribution >= 0.6 is 35.6 Å². The highest BCUT2D eigenvalue weighted by atomic mass is 35.5. The Labute approximate surface area is 196 Å². The fraction of sp³-hybridized carbons (Fsp3) is 0.0400. The SMILES string of the molecule is S=c1n(-c2ccc(Cl)cc2)nc(/C=C\C=C\SCc2ccccc2)n1-c1ccccc1. The summed E-state index contributed by atoms with van der Waals surface area (Å²) >= 11 is 13.5. The largest absolute Gasteiger partial charge is 0.268 e. The lowest BCUT2D eigenvalue weighted by atomic mass is 10.2. The third kappa shape index (κ3) is 5.44. The number of hydrogen-bond acceptors (Lipinski definition) is 3. The van der Waals surface area contributed by atoms with Crippen LogP contribution in [-0.2, 0) is 5.75 Å². The molecular weight excluding hydrogens is 442 g/mol. The van der Waals surface area contributed by atoms with Crippen molar-refractivity contribution in [3.05, 3.63) is 124 Å². The van der Waals surface area contributed by atoms with Gasteiger partial charge < -0.3 is 0 Å². The van der Waals surface area contributed by atoms with Crippen molar-refractivity contribution in [1.29, 1.82) is 0 Å². The number of aromatic nitrogens is 3. The number of para-hydroxylation sites is 1. The molecule has 154 valence electrons. The van der Waals surface area contributed by atoms with Crippen LogP contribution in [0.15, 0.2) is 102 Å². The Morgan fingerprint density at radius 2 is 1.52 bits per heavy atom. The van der Waals surface area contributed by atoms with Crippen LogP contribution in [0, 0.1) is 4.77 Å². The van der Waals surface area contributed by atoms with Gasteiger partial charge in [-0.2, -0.15) is 0 Å². The fourth-order valence-corrected chi connectivity index (χ4v) is 4.18. The first-order chi connectivity index (χ1) is 15.2. The van der Waals surface area contributed by atoms with Crippen LogP contribution in [0.3, 0.4) is 0 Å². The molecule has 4 aromatic rings. The molecular formula is C25H20ClN3S2. The molecule has 0 N–H and O–H groups in total. The number of allylic oxidation sites excluding steroid dienone is 2. The van der Waals surface area contributed by atoms with Crippen LogP contribution in [0.25, 0.3) is 17.5 Å². The van der Waals surface area contributed by atoms with E-state index in [1.165, 1.54) is 5.56 Å². The van der Waals surface area contributed by atoms with Gasteiger partial charge in [-0.3, -0.25) is 4.57 Å². The number of nitrogens with zero attached hydrogens (tertiary/aromatic N) is 3. The van der Waals surface area contributed by atoms with Crippen molar-refractivity contribution in [2.45, 2.75) is 5.75 Å². The van der Waals surface area contributed by atoms with Crippen molar-refractivity contribution in [2.24, 2.45) is 0 Å². The number of hydrogen-bond donors (Lipinski definition) is 0. The molecule has 0 atom stereocenters. The molecule has 0 fully saturated rings. The average molecular weight is 462 g/mol. The van der Waals surface area contributed by atoms with Gasteiger partial charge >= 0.3 is 0 Å². The van der Waals surface area contributed by atoms with Crippen LogP contribution in [-0.4, -0.2) is 14.3 Å². The van der Waals surface area contributed by atoms with Gasteiger partial charge in [0, 0.05) is 16.5 Å². The summed E-state index contributed by atoms with van der Waals surface area (Å²) in [4.78, 5) is 0. The Balaban J connectivity index is 1.59. The summed E-state index contributed by atoms with van der Waals surface area (Å²) in [6, 6.07) is 27.9. The highest BCUT2D eigenvalue weighted by Crippen LogP contribution is 2.19. The summed E-state index contributed by atoms with van der Waals surface area (Å²) < 4.78 is 4.31. The predicted molar refractivity (Wildman–Crippen MR) is 135 cm³/mol. The molecule has 31 heavy (non-hydrogen) atoms. The molecule has 3 nitrogen and oxygen atoms in total. The minimum absolute atomic E-state index is 0.593. The van der Waals surface area contributed by atoms with Gasteiger partial charge in [-0.25, -0.2) is 4.68 Å². The Morgan fingerprint density at radius 1 is 0.839 bits per heavy atom. The number of halogens is 1. The standard InChI is InChI=1S/C25H20ClN3S2/c26-21-14-16-23(17-15-21)29-25(30)28(22-11-5-2-6-12-22)24(27-29)13-7-8-18-31-19-20-9-3-1-4-10-20/h1-18H,19H2/b13-7-,18-8+. The third-order valence-corrected chi connectivity index (χ3v) is 5.97. The number of benzene rings is 3. The molecule has 0 spiro atoms. The second-order valence-corrected chi connectivity index (χ2v) is 8.38. The second-order valence-electron chi connectivity index (χ2n) is 6.68. The Kier molecular flexibility index (Phi) is 7.20. The molecule has 1 heterocycles. The van der Waals surface area contributed by atoms with Gasteiger partial charge in [0.05, 0.1) is 5.69 Å². The van der Waals surface area contributed by atoms with Crippen molar-refractivity contribution in [1.82, 2.24) is 14.3 Å². The van der Waals surface area contributed by atoms with Gasteiger partial charge in [-0.15, -0.1) is 16.9 Å². The summed E-state index contributed by atoms with van der Waals surface area (Å²) in [6.45, 7) is 0. The van der Waals surface area contributed by atoms with Gasteiger partial charge in [0.1, 0.15) is 0 Å². The summed E-state index contributed by atoms with van der Waals surface area (Å²) in [5.74, 6) is 1.69. The van der Waals surface area contributed by atoms with Crippen LogP contribution in [0.2, 0.25) is 5.02 Å². The molecule has 0 aliphatic carbocycles. The maximum absolute atomic E-state index is 6.04. The van der Waals surface area contributed by atoms with E-state index < -0.39 is 0 Å². The second kappa shape index (κ2) is 10.4. The Bertz CT molecular complexity index is 1240. The lowest BCUT2D eigenvalue weighted by Gasteiger charge is -2.04. The quantitative estimate of drug-likeness (QED) is 0.210. The minimum atomic E-state index is 0.593. The smallest absolute Gasteiger partial charge is 0.207 e. The monoisotopic (exact) mass is 461 g/mol. The van der Waals surface area contributed by atoms with Crippen LogP contribution in [0.5, 0.6) is 0 Å². The zero-order valence-electron chi connectivity index (χ0n) is 16.6. The first-order valence-electron chi connectivity index (χ1n) is 9.74. The van der Waals surface area contributed by atoms with E-state index in [0.717, 1.165) is 23.0 Å². The van der Waals surface area contributed by atoms with E-state index in [9.17, 15) is 0 Å². The van der Waals surface area contributed by atoms with E-state index >= 15 is 0 Å². The third-order valence-electron chi connectivity index (χ3n) is 4.51. The Morgan fingerprint density at radius 3 is 2.23 bits per heavy atom. The van der Waals surface area contributed by atoms with Gasteiger partial charge in [-0.05, 0) is 65.7 Å². The molecule has 1 aromatic heterocycles. The van der Waals surface area contributed by atoms with E-state index in [0.29, 0.717) is 9.79 Å². The van der Waals surface area contributed by atoms with Crippen LogP contribution in [0.1, 0.15) is 11.4 Å². The molecule has 0 amide bonds. The van der Waals surface area contributed by atoms with Gasteiger partial charge in [0.25, 0.3) is 0 Å². The van der Waals surface area contributed by atoms with E-state index in [-0.39, 0.29) is 0 Å². The zero-order valence-corrected chi connectivity index (χ0v) is 19.0.